The first-order valence-electron chi connectivity index (χ1n) is 9.15. The smallest absolute Gasteiger partial charge is 0.322 e. The summed E-state index contributed by atoms with van der Waals surface area (Å²) in [4.78, 5) is 28.7. The molecule has 0 aliphatic carbocycles. The summed E-state index contributed by atoms with van der Waals surface area (Å²) in [5.74, 6) is 0.106. The minimum absolute atomic E-state index is 0.106. The number of piperazine rings is 1. The molecular formula is C21H20ClN3O2S. The van der Waals surface area contributed by atoms with Crippen LogP contribution in [0, 0.1) is 0 Å². The van der Waals surface area contributed by atoms with Gasteiger partial charge in [-0.3, -0.25) is 4.79 Å². The van der Waals surface area contributed by atoms with Gasteiger partial charge in [0, 0.05) is 30.9 Å². The zero-order chi connectivity index (χ0) is 19.5. The van der Waals surface area contributed by atoms with Crippen molar-refractivity contribution in [2.45, 2.75) is 6.42 Å². The molecule has 144 valence electrons. The fraction of sp³-hybridized carbons (Fsp3) is 0.238. The van der Waals surface area contributed by atoms with E-state index in [1.807, 2.05) is 29.2 Å². The Labute approximate surface area is 172 Å². The van der Waals surface area contributed by atoms with E-state index in [4.69, 9.17) is 11.6 Å². The summed E-state index contributed by atoms with van der Waals surface area (Å²) in [5, 5.41) is 6.56. The zero-order valence-corrected chi connectivity index (χ0v) is 16.8. The van der Waals surface area contributed by atoms with Crippen molar-refractivity contribution < 1.29 is 9.59 Å². The van der Waals surface area contributed by atoms with E-state index in [-0.39, 0.29) is 11.9 Å². The van der Waals surface area contributed by atoms with Gasteiger partial charge < -0.3 is 15.1 Å². The third kappa shape index (κ3) is 3.98. The summed E-state index contributed by atoms with van der Waals surface area (Å²) >= 11 is 7.76. The number of benzene rings is 2. The van der Waals surface area contributed by atoms with Gasteiger partial charge in [0.05, 0.1) is 17.1 Å². The molecule has 0 unspecified atom stereocenters. The number of carbonyl (C=O) groups is 2. The SMILES string of the molecule is O=C(Cc1csc2ccccc12)N1CCN(C(=O)Nc2ccccc2Cl)CC1. The van der Waals surface area contributed by atoms with E-state index in [9.17, 15) is 9.59 Å². The Morgan fingerprint density at radius 2 is 1.64 bits per heavy atom. The van der Waals surface area contributed by atoms with Crippen LogP contribution in [0.3, 0.4) is 0 Å². The number of rotatable bonds is 3. The summed E-state index contributed by atoms with van der Waals surface area (Å²) < 4.78 is 1.20. The zero-order valence-electron chi connectivity index (χ0n) is 15.2. The number of fused-ring (bicyclic) bond motifs is 1. The van der Waals surface area contributed by atoms with Crippen molar-refractivity contribution in [3.63, 3.8) is 0 Å². The molecule has 3 aromatic rings. The van der Waals surface area contributed by atoms with Crippen molar-refractivity contribution >= 4 is 50.6 Å². The van der Waals surface area contributed by atoms with Crippen molar-refractivity contribution in [2.75, 3.05) is 31.5 Å². The summed E-state index contributed by atoms with van der Waals surface area (Å²) in [7, 11) is 0. The van der Waals surface area contributed by atoms with Gasteiger partial charge in [0.2, 0.25) is 5.91 Å². The van der Waals surface area contributed by atoms with E-state index < -0.39 is 0 Å². The van der Waals surface area contributed by atoms with Crippen molar-refractivity contribution in [2.24, 2.45) is 0 Å². The molecule has 1 aromatic heterocycles. The number of hydrogen-bond acceptors (Lipinski definition) is 3. The molecule has 0 spiro atoms. The molecular weight excluding hydrogens is 394 g/mol. The number of urea groups is 1. The normalized spacial score (nSPS) is 14.3. The average Bonchev–Trinajstić information content (AvgIpc) is 3.13. The maximum Gasteiger partial charge on any atom is 0.322 e. The lowest BCUT2D eigenvalue weighted by Crippen LogP contribution is -2.52. The number of halogens is 1. The summed E-state index contributed by atoms with van der Waals surface area (Å²) in [6.07, 6.45) is 0.399. The summed E-state index contributed by atoms with van der Waals surface area (Å²) in [6.45, 7) is 2.09. The first-order chi connectivity index (χ1) is 13.6. The van der Waals surface area contributed by atoms with Crippen LogP contribution < -0.4 is 5.32 Å². The predicted molar refractivity (Wildman–Crippen MR) is 114 cm³/mol. The summed E-state index contributed by atoms with van der Waals surface area (Å²) in [5.41, 5.74) is 1.67. The van der Waals surface area contributed by atoms with E-state index in [2.05, 4.69) is 22.8 Å². The fourth-order valence-electron chi connectivity index (χ4n) is 3.36. The lowest BCUT2D eigenvalue weighted by molar-refractivity contribution is -0.131. The van der Waals surface area contributed by atoms with Crippen LogP contribution in [0.2, 0.25) is 5.02 Å². The molecule has 4 rings (SSSR count). The number of nitrogens with one attached hydrogen (secondary N) is 1. The quantitative estimate of drug-likeness (QED) is 0.688. The molecule has 1 fully saturated rings. The number of carbonyl (C=O) groups excluding carboxylic acids is 2. The lowest BCUT2D eigenvalue weighted by atomic mass is 10.1. The van der Waals surface area contributed by atoms with Crippen LogP contribution in [-0.2, 0) is 11.2 Å². The van der Waals surface area contributed by atoms with Crippen LogP contribution in [0.5, 0.6) is 0 Å². The van der Waals surface area contributed by atoms with Crippen molar-refractivity contribution in [3.05, 3.63) is 64.5 Å². The Morgan fingerprint density at radius 3 is 2.43 bits per heavy atom. The van der Waals surface area contributed by atoms with E-state index in [1.54, 1.807) is 28.4 Å². The average molecular weight is 414 g/mol. The third-order valence-corrected chi connectivity index (χ3v) is 6.28. The van der Waals surface area contributed by atoms with Gasteiger partial charge in [-0.25, -0.2) is 4.79 Å². The van der Waals surface area contributed by atoms with E-state index in [0.717, 1.165) is 10.9 Å². The molecule has 2 heterocycles. The highest BCUT2D eigenvalue weighted by atomic mass is 35.5. The minimum atomic E-state index is -0.191. The number of anilines is 1. The Hall–Kier alpha value is -2.57. The van der Waals surface area contributed by atoms with Crippen LogP contribution in [0.1, 0.15) is 5.56 Å². The standard InChI is InChI=1S/C21H20ClN3O2S/c22-17-6-2-3-7-18(17)23-21(27)25-11-9-24(10-12-25)20(26)13-15-14-28-19-8-4-1-5-16(15)19/h1-8,14H,9-13H2,(H,23,27). The molecule has 2 aromatic carbocycles. The number of nitrogens with zero attached hydrogens (tertiary/aromatic N) is 2. The van der Waals surface area contributed by atoms with Gasteiger partial charge >= 0.3 is 6.03 Å². The van der Waals surface area contributed by atoms with Crippen LogP contribution in [0.4, 0.5) is 10.5 Å². The van der Waals surface area contributed by atoms with Gasteiger partial charge in [-0.2, -0.15) is 0 Å². The predicted octanol–water partition coefficient (Wildman–Crippen LogP) is 4.47. The Bertz CT molecular complexity index is 1010. The molecule has 0 radical (unpaired) electrons. The molecule has 5 nitrogen and oxygen atoms in total. The first kappa shape index (κ1) is 18.8. The highest BCUT2D eigenvalue weighted by Crippen LogP contribution is 2.26. The number of amides is 3. The second-order valence-electron chi connectivity index (χ2n) is 6.71. The molecule has 7 heteroatoms. The molecule has 1 saturated heterocycles. The highest BCUT2D eigenvalue weighted by Gasteiger charge is 2.25. The molecule has 0 saturated carbocycles. The minimum Gasteiger partial charge on any atom is -0.339 e. The van der Waals surface area contributed by atoms with Gasteiger partial charge in [-0.05, 0) is 34.5 Å². The molecule has 3 amide bonds. The van der Waals surface area contributed by atoms with E-state index >= 15 is 0 Å². The van der Waals surface area contributed by atoms with Crippen LogP contribution in [-0.4, -0.2) is 47.9 Å². The fourth-order valence-corrected chi connectivity index (χ4v) is 4.51. The van der Waals surface area contributed by atoms with Crippen molar-refractivity contribution in [1.29, 1.82) is 0 Å². The highest BCUT2D eigenvalue weighted by molar-refractivity contribution is 7.17. The Balaban J connectivity index is 1.33. The van der Waals surface area contributed by atoms with Crippen LogP contribution in [0.15, 0.2) is 53.9 Å². The van der Waals surface area contributed by atoms with Crippen molar-refractivity contribution in [3.8, 4) is 0 Å². The molecule has 1 aliphatic heterocycles. The Morgan fingerprint density at radius 1 is 0.964 bits per heavy atom. The van der Waals surface area contributed by atoms with Gasteiger partial charge in [0.1, 0.15) is 0 Å². The van der Waals surface area contributed by atoms with E-state index in [0.29, 0.717) is 43.3 Å². The van der Waals surface area contributed by atoms with E-state index in [1.165, 1.54) is 4.70 Å². The summed E-state index contributed by atoms with van der Waals surface area (Å²) in [6, 6.07) is 15.1. The number of hydrogen-bond donors (Lipinski definition) is 1. The molecule has 1 aliphatic rings. The largest absolute Gasteiger partial charge is 0.339 e. The molecule has 1 N–H and O–H groups in total. The number of para-hydroxylation sites is 1. The second kappa shape index (κ2) is 8.20. The first-order valence-corrected chi connectivity index (χ1v) is 10.4. The topological polar surface area (TPSA) is 52.7 Å². The molecule has 28 heavy (non-hydrogen) atoms. The number of thiophene rings is 1. The van der Waals surface area contributed by atoms with Gasteiger partial charge in [0.15, 0.2) is 0 Å². The van der Waals surface area contributed by atoms with Gasteiger partial charge in [-0.15, -0.1) is 11.3 Å². The van der Waals surface area contributed by atoms with Crippen LogP contribution >= 0.6 is 22.9 Å². The third-order valence-electron chi connectivity index (χ3n) is 4.94. The van der Waals surface area contributed by atoms with Crippen molar-refractivity contribution in [1.82, 2.24) is 9.80 Å². The van der Waals surface area contributed by atoms with Crippen LogP contribution in [0.25, 0.3) is 10.1 Å². The second-order valence-corrected chi connectivity index (χ2v) is 8.03. The van der Waals surface area contributed by atoms with Gasteiger partial charge in [0.25, 0.3) is 0 Å². The molecule has 0 atom stereocenters. The molecule has 0 bridgehead atoms. The lowest BCUT2D eigenvalue weighted by Gasteiger charge is -2.34. The Kier molecular flexibility index (Phi) is 5.50. The maximum absolute atomic E-state index is 12.7. The maximum atomic E-state index is 12.7. The monoisotopic (exact) mass is 413 g/mol. The van der Waals surface area contributed by atoms with Gasteiger partial charge in [-0.1, -0.05) is 41.9 Å².